The number of hydrogen-bond donors (Lipinski definition) is 1. The molecule has 2 saturated carbocycles. The van der Waals surface area contributed by atoms with Crippen LogP contribution in [0.15, 0.2) is 0 Å². The second-order valence-electron chi connectivity index (χ2n) is 5.86. The molecule has 2 aliphatic carbocycles. The van der Waals surface area contributed by atoms with Gasteiger partial charge in [-0.15, -0.1) is 11.8 Å². The van der Waals surface area contributed by atoms with Crippen molar-refractivity contribution < 1.29 is 0 Å². The highest BCUT2D eigenvalue weighted by molar-refractivity contribution is 4.99. The molecule has 0 aromatic carbocycles. The zero-order valence-electron chi connectivity index (χ0n) is 11.5. The lowest BCUT2D eigenvalue weighted by Gasteiger charge is -2.31. The summed E-state index contributed by atoms with van der Waals surface area (Å²) < 4.78 is 0. The predicted octanol–water partition coefficient (Wildman–Crippen LogP) is 3.59. The Bertz CT molecular complexity index is 286. The molecule has 0 aromatic rings. The largest absolute Gasteiger partial charge is 0.314 e. The highest BCUT2D eigenvalue weighted by Crippen LogP contribution is 2.50. The Kier molecular flexibility index (Phi) is 4.92. The number of hydrogen-bond acceptors (Lipinski definition) is 1. The van der Waals surface area contributed by atoms with Gasteiger partial charge in [0.25, 0.3) is 0 Å². The van der Waals surface area contributed by atoms with Crippen molar-refractivity contribution in [3.63, 3.8) is 0 Å². The maximum absolute atomic E-state index is 3.79. The van der Waals surface area contributed by atoms with E-state index in [2.05, 4.69) is 24.1 Å². The predicted molar refractivity (Wildman–Crippen MR) is 73.7 cm³/mol. The normalized spacial score (nSPS) is 32.2. The standard InChI is InChI=1S/C16H27N/c1-3-5-6-7-16(17-10-4-2)15-12-13-8-9-14(15)11-13/h13-17H,4,6-12H2,1-2H3. The van der Waals surface area contributed by atoms with Crippen LogP contribution in [0.4, 0.5) is 0 Å². The van der Waals surface area contributed by atoms with Crippen molar-refractivity contribution in [2.24, 2.45) is 17.8 Å². The van der Waals surface area contributed by atoms with Gasteiger partial charge in [-0.05, 0) is 63.3 Å². The highest BCUT2D eigenvalue weighted by atomic mass is 14.9. The van der Waals surface area contributed by atoms with Crippen molar-refractivity contribution in [3.05, 3.63) is 0 Å². The summed E-state index contributed by atoms with van der Waals surface area (Å²) in [6.07, 6.45) is 9.60. The van der Waals surface area contributed by atoms with Crippen LogP contribution in [0.3, 0.4) is 0 Å². The first-order chi connectivity index (χ1) is 8.35. The maximum atomic E-state index is 3.79. The molecule has 1 nitrogen and oxygen atoms in total. The Morgan fingerprint density at radius 3 is 2.76 bits per heavy atom. The van der Waals surface area contributed by atoms with Crippen LogP contribution in [0.2, 0.25) is 0 Å². The van der Waals surface area contributed by atoms with Crippen molar-refractivity contribution >= 4 is 0 Å². The molecule has 2 rings (SSSR count). The Morgan fingerprint density at radius 1 is 1.29 bits per heavy atom. The molecule has 1 N–H and O–H groups in total. The minimum Gasteiger partial charge on any atom is -0.314 e. The van der Waals surface area contributed by atoms with E-state index in [9.17, 15) is 0 Å². The average molecular weight is 233 g/mol. The SMILES string of the molecule is CC#CCCC(NCCC)C1CC2CCC1C2. The molecule has 0 radical (unpaired) electrons. The Balaban J connectivity index is 1.86. The third kappa shape index (κ3) is 3.26. The number of nitrogens with one attached hydrogen (secondary N) is 1. The van der Waals surface area contributed by atoms with Gasteiger partial charge in [0.05, 0.1) is 0 Å². The molecule has 4 unspecified atom stereocenters. The van der Waals surface area contributed by atoms with Crippen LogP contribution in [0.1, 0.15) is 58.8 Å². The monoisotopic (exact) mass is 233 g/mol. The number of rotatable bonds is 6. The highest BCUT2D eigenvalue weighted by Gasteiger charge is 2.42. The summed E-state index contributed by atoms with van der Waals surface area (Å²) in [6.45, 7) is 5.39. The topological polar surface area (TPSA) is 12.0 Å². The molecule has 2 bridgehead atoms. The minimum atomic E-state index is 0.742. The lowest BCUT2D eigenvalue weighted by atomic mass is 9.81. The Labute approximate surface area is 107 Å². The molecule has 0 aliphatic heterocycles. The molecule has 1 heteroatoms. The second kappa shape index (κ2) is 6.45. The van der Waals surface area contributed by atoms with E-state index in [1.807, 2.05) is 6.92 Å². The van der Waals surface area contributed by atoms with E-state index < -0.39 is 0 Å². The first-order valence-electron chi connectivity index (χ1n) is 7.48. The number of fused-ring (bicyclic) bond motifs is 2. The maximum Gasteiger partial charge on any atom is 0.0107 e. The van der Waals surface area contributed by atoms with Crippen molar-refractivity contribution in [3.8, 4) is 11.8 Å². The molecule has 0 heterocycles. The molecule has 4 atom stereocenters. The van der Waals surface area contributed by atoms with Crippen LogP contribution in [0, 0.1) is 29.6 Å². The fourth-order valence-corrected chi connectivity index (χ4v) is 3.94. The first-order valence-corrected chi connectivity index (χ1v) is 7.48. The van der Waals surface area contributed by atoms with Gasteiger partial charge in [0.2, 0.25) is 0 Å². The van der Waals surface area contributed by atoms with Gasteiger partial charge in [-0.25, -0.2) is 0 Å². The smallest absolute Gasteiger partial charge is 0.0107 e. The van der Waals surface area contributed by atoms with Crippen molar-refractivity contribution in [2.45, 2.75) is 64.8 Å². The van der Waals surface area contributed by atoms with E-state index in [1.165, 1.54) is 45.1 Å². The van der Waals surface area contributed by atoms with E-state index in [4.69, 9.17) is 0 Å². The van der Waals surface area contributed by atoms with Gasteiger partial charge in [0, 0.05) is 12.5 Å². The zero-order chi connectivity index (χ0) is 12.1. The minimum absolute atomic E-state index is 0.742. The van der Waals surface area contributed by atoms with Gasteiger partial charge in [-0.3, -0.25) is 0 Å². The molecule has 0 saturated heterocycles. The van der Waals surface area contributed by atoms with Crippen LogP contribution in [-0.2, 0) is 0 Å². The summed E-state index contributed by atoms with van der Waals surface area (Å²) in [6, 6.07) is 0.742. The van der Waals surface area contributed by atoms with Gasteiger partial charge >= 0.3 is 0 Å². The van der Waals surface area contributed by atoms with E-state index in [1.54, 1.807) is 0 Å². The lowest BCUT2D eigenvalue weighted by Crippen LogP contribution is -2.39. The third-order valence-electron chi connectivity index (χ3n) is 4.72. The van der Waals surface area contributed by atoms with Crippen molar-refractivity contribution in [1.29, 1.82) is 0 Å². The lowest BCUT2D eigenvalue weighted by molar-refractivity contribution is 0.240. The Morgan fingerprint density at radius 2 is 2.18 bits per heavy atom. The van der Waals surface area contributed by atoms with Gasteiger partial charge < -0.3 is 5.32 Å². The van der Waals surface area contributed by atoms with Crippen LogP contribution in [0.25, 0.3) is 0 Å². The van der Waals surface area contributed by atoms with Crippen LogP contribution in [0.5, 0.6) is 0 Å². The van der Waals surface area contributed by atoms with Crippen molar-refractivity contribution in [1.82, 2.24) is 5.32 Å². The van der Waals surface area contributed by atoms with Crippen LogP contribution in [-0.4, -0.2) is 12.6 Å². The summed E-state index contributed by atoms with van der Waals surface area (Å²) in [5.41, 5.74) is 0. The zero-order valence-corrected chi connectivity index (χ0v) is 11.5. The van der Waals surface area contributed by atoms with Crippen molar-refractivity contribution in [2.75, 3.05) is 6.54 Å². The summed E-state index contributed by atoms with van der Waals surface area (Å²) in [7, 11) is 0. The van der Waals surface area contributed by atoms with E-state index in [-0.39, 0.29) is 0 Å². The van der Waals surface area contributed by atoms with E-state index in [0.717, 1.165) is 30.2 Å². The molecule has 2 aliphatic rings. The van der Waals surface area contributed by atoms with Crippen LogP contribution < -0.4 is 5.32 Å². The summed E-state index contributed by atoms with van der Waals surface area (Å²) in [4.78, 5) is 0. The Hall–Kier alpha value is -0.480. The summed E-state index contributed by atoms with van der Waals surface area (Å²) >= 11 is 0. The quantitative estimate of drug-likeness (QED) is 0.691. The first kappa shape index (κ1) is 13.0. The molecular weight excluding hydrogens is 206 g/mol. The van der Waals surface area contributed by atoms with E-state index in [0.29, 0.717) is 0 Å². The van der Waals surface area contributed by atoms with Gasteiger partial charge in [0.1, 0.15) is 0 Å². The molecule has 2 fully saturated rings. The molecule has 0 spiro atoms. The van der Waals surface area contributed by atoms with E-state index >= 15 is 0 Å². The fraction of sp³-hybridized carbons (Fsp3) is 0.875. The molecule has 96 valence electrons. The van der Waals surface area contributed by atoms with Gasteiger partial charge in [0.15, 0.2) is 0 Å². The molecule has 0 aromatic heterocycles. The van der Waals surface area contributed by atoms with Gasteiger partial charge in [-0.1, -0.05) is 13.3 Å². The molecular formula is C16H27N. The average Bonchev–Trinajstić information content (AvgIpc) is 2.95. The summed E-state index contributed by atoms with van der Waals surface area (Å²) in [5.74, 6) is 9.31. The summed E-state index contributed by atoms with van der Waals surface area (Å²) in [5, 5.41) is 3.79. The third-order valence-corrected chi connectivity index (χ3v) is 4.72. The second-order valence-corrected chi connectivity index (χ2v) is 5.86. The molecule has 17 heavy (non-hydrogen) atoms. The fourth-order valence-electron chi connectivity index (χ4n) is 3.94. The molecule has 0 amide bonds. The van der Waals surface area contributed by atoms with Gasteiger partial charge in [-0.2, -0.15) is 0 Å². The van der Waals surface area contributed by atoms with Crippen LogP contribution >= 0.6 is 0 Å².